The minimum atomic E-state index is -1.08. The molecule has 0 aliphatic heterocycles. The van der Waals surface area contributed by atoms with Crippen LogP contribution >= 0.6 is 0 Å². The highest BCUT2D eigenvalue weighted by Crippen LogP contribution is 2.14. The molecule has 1 unspecified atom stereocenters. The summed E-state index contributed by atoms with van der Waals surface area (Å²) in [6, 6.07) is 0. The molecule has 1 atom stereocenters. The third-order valence-electron chi connectivity index (χ3n) is 4.01. The van der Waals surface area contributed by atoms with E-state index >= 15 is 0 Å². The van der Waals surface area contributed by atoms with Gasteiger partial charge >= 0.3 is 11.9 Å². The van der Waals surface area contributed by atoms with Gasteiger partial charge in [-0.15, -0.1) is 0 Å². The fraction of sp³-hybridized carbons (Fsp3) is 0.789. The van der Waals surface area contributed by atoms with E-state index in [1.807, 2.05) is 0 Å². The van der Waals surface area contributed by atoms with Crippen LogP contribution < -0.4 is 0 Å². The SMILES string of the molecule is CCCCCCCCCCCCOC(=O)C(CC=CF)CC(=O)O. The summed E-state index contributed by atoms with van der Waals surface area (Å²) >= 11 is 0. The fourth-order valence-corrected chi connectivity index (χ4v) is 2.57. The van der Waals surface area contributed by atoms with E-state index in [0.29, 0.717) is 12.9 Å². The first-order valence-electron chi connectivity index (χ1n) is 9.25. The number of carboxylic acids is 1. The molecule has 24 heavy (non-hydrogen) atoms. The molecule has 5 heteroatoms. The number of ether oxygens (including phenoxy) is 1. The van der Waals surface area contributed by atoms with Gasteiger partial charge in [0.05, 0.1) is 25.3 Å². The van der Waals surface area contributed by atoms with E-state index in [9.17, 15) is 14.0 Å². The van der Waals surface area contributed by atoms with Gasteiger partial charge in [0, 0.05) is 0 Å². The van der Waals surface area contributed by atoms with Crippen molar-refractivity contribution < 1.29 is 23.8 Å². The lowest BCUT2D eigenvalue weighted by Gasteiger charge is -2.12. The first-order valence-corrected chi connectivity index (χ1v) is 9.25. The van der Waals surface area contributed by atoms with E-state index in [-0.39, 0.29) is 12.8 Å². The molecule has 0 aromatic carbocycles. The number of rotatable bonds is 16. The zero-order valence-corrected chi connectivity index (χ0v) is 15.0. The monoisotopic (exact) mass is 344 g/mol. The molecule has 0 saturated heterocycles. The first kappa shape index (κ1) is 22.6. The zero-order chi connectivity index (χ0) is 18.0. The molecule has 0 aromatic heterocycles. The molecular formula is C19H33FO4. The van der Waals surface area contributed by atoms with Crippen molar-refractivity contribution in [3.63, 3.8) is 0 Å². The Morgan fingerprint density at radius 1 is 1.00 bits per heavy atom. The van der Waals surface area contributed by atoms with Gasteiger partial charge in [-0.3, -0.25) is 9.59 Å². The van der Waals surface area contributed by atoms with E-state index in [0.717, 1.165) is 25.3 Å². The second kappa shape index (κ2) is 16.5. The number of unbranched alkanes of at least 4 members (excludes halogenated alkanes) is 9. The third kappa shape index (κ3) is 14.2. The second-order valence-corrected chi connectivity index (χ2v) is 6.24. The maximum absolute atomic E-state index is 12.0. The lowest BCUT2D eigenvalue weighted by molar-refractivity contribution is -0.153. The zero-order valence-electron chi connectivity index (χ0n) is 15.0. The van der Waals surface area contributed by atoms with Gasteiger partial charge in [-0.1, -0.05) is 70.8 Å². The highest BCUT2D eigenvalue weighted by atomic mass is 19.1. The molecule has 0 spiro atoms. The Labute approximate surface area is 145 Å². The van der Waals surface area contributed by atoms with Crippen molar-refractivity contribution in [3.8, 4) is 0 Å². The van der Waals surface area contributed by atoms with Crippen molar-refractivity contribution in [2.75, 3.05) is 6.61 Å². The molecule has 0 rings (SSSR count). The first-order chi connectivity index (χ1) is 11.6. The Kier molecular flexibility index (Phi) is 15.5. The fourth-order valence-electron chi connectivity index (χ4n) is 2.57. The lowest BCUT2D eigenvalue weighted by atomic mass is 10.0. The standard InChI is InChI=1S/C19H33FO4/c1-2-3-4-5-6-7-8-9-10-11-15-24-19(23)17(13-12-14-20)16-18(21)22/h12,14,17H,2-11,13,15-16H2,1H3,(H,21,22). The van der Waals surface area contributed by atoms with Crippen LogP contribution in [0.3, 0.4) is 0 Å². The van der Waals surface area contributed by atoms with Gasteiger partial charge in [0.25, 0.3) is 0 Å². The Morgan fingerprint density at radius 2 is 1.54 bits per heavy atom. The average molecular weight is 344 g/mol. The number of aliphatic carboxylic acids is 1. The summed E-state index contributed by atoms with van der Waals surface area (Å²) in [5, 5.41) is 8.77. The van der Waals surface area contributed by atoms with Gasteiger partial charge < -0.3 is 9.84 Å². The Balaban J connectivity index is 3.63. The number of carboxylic acid groups (broad SMARTS) is 1. The van der Waals surface area contributed by atoms with E-state index in [1.54, 1.807) is 0 Å². The largest absolute Gasteiger partial charge is 0.481 e. The predicted octanol–water partition coefficient (Wildman–Crippen LogP) is 5.41. The van der Waals surface area contributed by atoms with Gasteiger partial charge in [0.15, 0.2) is 0 Å². The van der Waals surface area contributed by atoms with Gasteiger partial charge in [-0.05, 0) is 12.8 Å². The minimum absolute atomic E-state index is 0.0552. The van der Waals surface area contributed by atoms with Gasteiger partial charge in [-0.2, -0.15) is 0 Å². The van der Waals surface area contributed by atoms with Crippen molar-refractivity contribution in [2.45, 2.75) is 84.0 Å². The Hall–Kier alpha value is -1.39. The van der Waals surface area contributed by atoms with Crippen LogP contribution in [-0.2, 0) is 14.3 Å². The highest BCUT2D eigenvalue weighted by molar-refractivity contribution is 5.79. The number of hydrogen-bond donors (Lipinski definition) is 1. The normalized spacial score (nSPS) is 12.4. The van der Waals surface area contributed by atoms with Crippen molar-refractivity contribution in [1.29, 1.82) is 0 Å². The van der Waals surface area contributed by atoms with E-state index < -0.39 is 17.9 Å². The summed E-state index contributed by atoms with van der Waals surface area (Å²) in [5.41, 5.74) is 0. The van der Waals surface area contributed by atoms with Crippen LogP contribution in [0.4, 0.5) is 4.39 Å². The number of hydrogen-bond acceptors (Lipinski definition) is 3. The molecule has 0 bridgehead atoms. The molecule has 0 aliphatic rings. The summed E-state index contributed by atoms with van der Waals surface area (Å²) in [6.07, 6.45) is 13.2. The maximum Gasteiger partial charge on any atom is 0.309 e. The Morgan fingerprint density at radius 3 is 2.04 bits per heavy atom. The van der Waals surface area contributed by atoms with Crippen LogP contribution in [0, 0.1) is 5.92 Å². The molecule has 0 saturated carbocycles. The molecule has 4 nitrogen and oxygen atoms in total. The van der Waals surface area contributed by atoms with Crippen LogP contribution in [0.2, 0.25) is 0 Å². The quantitative estimate of drug-likeness (QED) is 0.300. The molecule has 0 aliphatic carbocycles. The van der Waals surface area contributed by atoms with Crippen LogP contribution in [0.5, 0.6) is 0 Å². The molecule has 0 amide bonds. The molecular weight excluding hydrogens is 311 g/mol. The summed E-state index contributed by atoms with van der Waals surface area (Å²) in [6.45, 7) is 2.53. The van der Waals surface area contributed by atoms with Crippen LogP contribution in [0.25, 0.3) is 0 Å². The van der Waals surface area contributed by atoms with Crippen molar-refractivity contribution in [3.05, 3.63) is 12.4 Å². The molecule has 0 fully saturated rings. The summed E-state index contributed by atoms with van der Waals surface area (Å²) in [4.78, 5) is 22.5. The van der Waals surface area contributed by atoms with Crippen LogP contribution in [0.15, 0.2) is 12.4 Å². The number of carbonyl (C=O) groups is 2. The second-order valence-electron chi connectivity index (χ2n) is 6.24. The molecule has 0 heterocycles. The number of allylic oxidation sites excluding steroid dienone is 1. The average Bonchev–Trinajstić information content (AvgIpc) is 2.55. The smallest absolute Gasteiger partial charge is 0.309 e. The Bertz CT molecular complexity index is 355. The van der Waals surface area contributed by atoms with Crippen molar-refractivity contribution in [1.82, 2.24) is 0 Å². The number of halogens is 1. The third-order valence-corrected chi connectivity index (χ3v) is 4.01. The predicted molar refractivity (Wildman–Crippen MR) is 93.4 cm³/mol. The summed E-state index contributed by atoms with van der Waals surface area (Å²) in [5.74, 6) is -2.44. The minimum Gasteiger partial charge on any atom is -0.481 e. The van der Waals surface area contributed by atoms with E-state index in [1.165, 1.54) is 44.9 Å². The van der Waals surface area contributed by atoms with E-state index in [2.05, 4.69) is 6.92 Å². The topological polar surface area (TPSA) is 63.6 Å². The number of esters is 1. The lowest BCUT2D eigenvalue weighted by Crippen LogP contribution is -2.21. The van der Waals surface area contributed by atoms with Crippen molar-refractivity contribution in [2.24, 2.45) is 5.92 Å². The van der Waals surface area contributed by atoms with Crippen LogP contribution in [-0.4, -0.2) is 23.7 Å². The molecule has 0 aromatic rings. The maximum atomic E-state index is 12.0. The molecule has 1 N–H and O–H groups in total. The van der Waals surface area contributed by atoms with Gasteiger partial charge in [0.2, 0.25) is 0 Å². The van der Waals surface area contributed by atoms with Crippen LogP contribution in [0.1, 0.15) is 84.0 Å². The highest BCUT2D eigenvalue weighted by Gasteiger charge is 2.21. The number of carbonyl (C=O) groups excluding carboxylic acids is 1. The summed E-state index contributed by atoms with van der Waals surface area (Å²) in [7, 11) is 0. The van der Waals surface area contributed by atoms with Crippen molar-refractivity contribution >= 4 is 11.9 Å². The van der Waals surface area contributed by atoms with Gasteiger partial charge in [0.1, 0.15) is 0 Å². The van der Waals surface area contributed by atoms with Gasteiger partial charge in [-0.25, -0.2) is 4.39 Å². The summed E-state index contributed by atoms with van der Waals surface area (Å²) < 4.78 is 17.1. The molecule has 0 radical (unpaired) electrons. The molecule has 140 valence electrons. The van der Waals surface area contributed by atoms with E-state index in [4.69, 9.17) is 9.84 Å².